The molecule has 0 saturated carbocycles. The van der Waals surface area contributed by atoms with E-state index in [1.54, 1.807) is 0 Å². The van der Waals surface area contributed by atoms with Gasteiger partial charge in [0, 0.05) is 5.41 Å². The molecule has 0 atom stereocenters. The summed E-state index contributed by atoms with van der Waals surface area (Å²) in [6.45, 7) is 6.89. The molecule has 6 rings (SSSR count). The number of fused-ring (bicyclic) bond motifs is 4. The average Bonchev–Trinajstić information content (AvgIpc) is 3.05. The van der Waals surface area contributed by atoms with Crippen molar-refractivity contribution in [1.29, 1.82) is 0 Å². The van der Waals surface area contributed by atoms with Crippen LogP contribution in [0, 0.1) is 6.92 Å². The first-order chi connectivity index (χ1) is 15.5. The third-order valence-corrected chi connectivity index (χ3v) is 7.15. The van der Waals surface area contributed by atoms with Crippen LogP contribution in [0.2, 0.25) is 0 Å². The van der Waals surface area contributed by atoms with Crippen LogP contribution in [0.5, 0.6) is 0 Å². The second kappa shape index (κ2) is 6.93. The lowest BCUT2D eigenvalue weighted by molar-refractivity contribution is 0.660. The Kier molecular flexibility index (Phi) is 4.13. The molecule has 1 aliphatic rings. The largest absolute Gasteiger partial charge is 0.0616 e. The highest BCUT2D eigenvalue weighted by Gasteiger charge is 2.35. The molecule has 0 spiro atoms. The summed E-state index contributed by atoms with van der Waals surface area (Å²) in [6, 6.07) is 38.0. The molecule has 154 valence electrons. The van der Waals surface area contributed by atoms with Crippen LogP contribution in [0.3, 0.4) is 0 Å². The van der Waals surface area contributed by atoms with E-state index >= 15 is 0 Å². The first kappa shape index (κ1) is 19.1. The highest BCUT2D eigenvalue weighted by Crippen LogP contribution is 2.49. The molecule has 5 aromatic carbocycles. The van der Waals surface area contributed by atoms with Gasteiger partial charge in [-0.2, -0.15) is 0 Å². The Hall–Kier alpha value is -3.64. The Balaban J connectivity index is 1.41. The second-order valence-electron chi connectivity index (χ2n) is 9.54. The monoisotopic (exact) mass is 410 g/mol. The normalized spacial score (nSPS) is 13.7. The quantitative estimate of drug-likeness (QED) is 0.273. The first-order valence-electron chi connectivity index (χ1n) is 11.4. The van der Waals surface area contributed by atoms with Gasteiger partial charge in [0.25, 0.3) is 0 Å². The summed E-state index contributed by atoms with van der Waals surface area (Å²) in [7, 11) is 0. The van der Waals surface area contributed by atoms with Crippen LogP contribution in [0.25, 0.3) is 44.2 Å². The molecule has 0 N–H and O–H groups in total. The van der Waals surface area contributed by atoms with E-state index in [1.807, 2.05) is 0 Å². The summed E-state index contributed by atoms with van der Waals surface area (Å²) in [4.78, 5) is 0. The predicted octanol–water partition coefficient (Wildman–Crippen LogP) is 8.79. The summed E-state index contributed by atoms with van der Waals surface area (Å²) in [5.41, 5.74) is 12.1. The topological polar surface area (TPSA) is 0 Å². The fourth-order valence-electron chi connectivity index (χ4n) is 5.35. The Bertz CT molecular complexity index is 1480. The van der Waals surface area contributed by atoms with Gasteiger partial charge in [0.05, 0.1) is 0 Å². The molecular formula is C32H26. The molecule has 1 aliphatic carbocycles. The van der Waals surface area contributed by atoms with Gasteiger partial charge in [0.2, 0.25) is 0 Å². The number of hydrogen-bond donors (Lipinski definition) is 0. The van der Waals surface area contributed by atoms with Crippen molar-refractivity contribution in [2.45, 2.75) is 26.2 Å². The van der Waals surface area contributed by atoms with E-state index in [1.165, 1.54) is 60.8 Å². The van der Waals surface area contributed by atoms with E-state index in [0.717, 1.165) is 0 Å². The lowest BCUT2D eigenvalue weighted by atomic mass is 9.81. The van der Waals surface area contributed by atoms with E-state index in [2.05, 4.69) is 124 Å². The van der Waals surface area contributed by atoms with Crippen molar-refractivity contribution in [3.63, 3.8) is 0 Å². The van der Waals surface area contributed by atoms with Gasteiger partial charge in [-0.15, -0.1) is 0 Å². The average molecular weight is 411 g/mol. The smallest absolute Gasteiger partial charge is 0.0159 e. The summed E-state index contributed by atoms with van der Waals surface area (Å²) in [5.74, 6) is 0. The van der Waals surface area contributed by atoms with Crippen molar-refractivity contribution < 1.29 is 0 Å². The molecule has 0 aromatic heterocycles. The zero-order valence-electron chi connectivity index (χ0n) is 18.8. The van der Waals surface area contributed by atoms with Crippen LogP contribution in [0.15, 0.2) is 103 Å². The molecule has 32 heavy (non-hydrogen) atoms. The molecule has 0 amide bonds. The molecule has 0 saturated heterocycles. The maximum absolute atomic E-state index is 2.40. The van der Waals surface area contributed by atoms with Crippen LogP contribution in [-0.4, -0.2) is 0 Å². The summed E-state index contributed by atoms with van der Waals surface area (Å²) in [5, 5.41) is 2.58. The molecule has 0 heterocycles. The Labute approximate surface area is 190 Å². The fraction of sp³-hybridized carbons (Fsp3) is 0.125. The van der Waals surface area contributed by atoms with E-state index in [0.29, 0.717) is 0 Å². The zero-order valence-corrected chi connectivity index (χ0v) is 18.8. The van der Waals surface area contributed by atoms with E-state index in [-0.39, 0.29) is 5.41 Å². The SMILES string of the molecule is Cc1ccc2c(c1)C(C)(C)c1cc(-c3ccc(-c4cccc5ccccc45)cc3)ccc1-2. The molecule has 0 bridgehead atoms. The zero-order chi connectivity index (χ0) is 21.9. The van der Waals surface area contributed by atoms with Gasteiger partial charge >= 0.3 is 0 Å². The number of rotatable bonds is 2. The van der Waals surface area contributed by atoms with Crippen LogP contribution in [-0.2, 0) is 5.41 Å². The number of benzene rings is 5. The van der Waals surface area contributed by atoms with E-state index < -0.39 is 0 Å². The van der Waals surface area contributed by atoms with Gasteiger partial charge in [0.15, 0.2) is 0 Å². The molecule has 0 heteroatoms. The van der Waals surface area contributed by atoms with Crippen molar-refractivity contribution in [3.8, 4) is 33.4 Å². The highest BCUT2D eigenvalue weighted by atomic mass is 14.4. The molecule has 5 aromatic rings. The van der Waals surface area contributed by atoms with Crippen LogP contribution in [0.1, 0.15) is 30.5 Å². The van der Waals surface area contributed by atoms with Crippen molar-refractivity contribution in [1.82, 2.24) is 0 Å². The molecule has 0 aliphatic heterocycles. The maximum atomic E-state index is 2.40. The lowest BCUT2D eigenvalue weighted by Gasteiger charge is -2.22. The third-order valence-electron chi connectivity index (χ3n) is 7.15. The Morgan fingerprint density at radius 2 is 1.12 bits per heavy atom. The Morgan fingerprint density at radius 1 is 0.500 bits per heavy atom. The van der Waals surface area contributed by atoms with Gasteiger partial charge in [-0.1, -0.05) is 116 Å². The summed E-state index contributed by atoms with van der Waals surface area (Å²) >= 11 is 0. The minimum absolute atomic E-state index is 0.0234. The fourth-order valence-corrected chi connectivity index (χ4v) is 5.35. The van der Waals surface area contributed by atoms with Crippen molar-refractivity contribution in [2.24, 2.45) is 0 Å². The summed E-state index contributed by atoms with van der Waals surface area (Å²) < 4.78 is 0. The predicted molar refractivity (Wildman–Crippen MR) is 137 cm³/mol. The number of hydrogen-bond acceptors (Lipinski definition) is 0. The standard InChI is InChI=1S/C32H26/c1-21-11-17-28-29-18-16-25(20-31(29)32(2,3)30(28)19-21)22-12-14-24(15-13-22)27-10-6-8-23-7-4-5-9-26(23)27/h4-20H,1-3H3. The van der Waals surface area contributed by atoms with Gasteiger partial charge in [-0.05, 0) is 68.3 Å². The van der Waals surface area contributed by atoms with Crippen molar-refractivity contribution in [2.75, 3.05) is 0 Å². The van der Waals surface area contributed by atoms with Gasteiger partial charge in [-0.3, -0.25) is 0 Å². The van der Waals surface area contributed by atoms with Crippen molar-refractivity contribution in [3.05, 3.63) is 120 Å². The van der Waals surface area contributed by atoms with Gasteiger partial charge in [-0.25, -0.2) is 0 Å². The Morgan fingerprint density at radius 3 is 1.94 bits per heavy atom. The molecule has 0 nitrogen and oxygen atoms in total. The van der Waals surface area contributed by atoms with E-state index in [9.17, 15) is 0 Å². The van der Waals surface area contributed by atoms with Crippen molar-refractivity contribution >= 4 is 10.8 Å². The minimum atomic E-state index is 0.0234. The van der Waals surface area contributed by atoms with Crippen LogP contribution in [0.4, 0.5) is 0 Å². The van der Waals surface area contributed by atoms with Gasteiger partial charge in [0.1, 0.15) is 0 Å². The molecule has 0 radical (unpaired) electrons. The maximum Gasteiger partial charge on any atom is 0.0159 e. The first-order valence-corrected chi connectivity index (χ1v) is 11.4. The highest BCUT2D eigenvalue weighted by molar-refractivity contribution is 5.97. The third kappa shape index (κ3) is 2.83. The minimum Gasteiger partial charge on any atom is -0.0616 e. The molecular weight excluding hydrogens is 384 g/mol. The van der Waals surface area contributed by atoms with E-state index in [4.69, 9.17) is 0 Å². The van der Waals surface area contributed by atoms with Crippen LogP contribution < -0.4 is 0 Å². The lowest BCUT2D eigenvalue weighted by Crippen LogP contribution is -2.15. The van der Waals surface area contributed by atoms with Crippen LogP contribution >= 0.6 is 0 Å². The number of aryl methyl sites for hydroxylation is 1. The molecule has 0 fully saturated rings. The van der Waals surface area contributed by atoms with Gasteiger partial charge < -0.3 is 0 Å². The second-order valence-corrected chi connectivity index (χ2v) is 9.54. The summed E-state index contributed by atoms with van der Waals surface area (Å²) in [6.07, 6.45) is 0. The molecule has 0 unspecified atom stereocenters.